The molecular formula is C55H74O13. The molecule has 4 saturated carbocycles. The van der Waals surface area contributed by atoms with Gasteiger partial charge < -0.3 is 33.2 Å². The fraction of sp³-hybridized carbons (Fsp3) is 0.636. The van der Waals surface area contributed by atoms with Gasteiger partial charge in [0.15, 0.2) is 0 Å². The van der Waals surface area contributed by atoms with Crippen LogP contribution >= 0.6 is 0 Å². The lowest BCUT2D eigenvalue weighted by atomic mass is 9.69. The first-order valence-electron chi connectivity index (χ1n) is 25.5. The maximum absolute atomic E-state index is 13.8. The van der Waals surface area contributed by atoms with Gasteiger partial charge in [0.2, 0.25) is 0 Å². The van der Waals surface area contributed by atoms with Gasteiger partial charge in [0.25, 0.3) is 0 Å². The molecule has 0 saturated heterocycles. The van der Waals surface area contributed by atoms with Crippen LogP contribution in [0.15, 0.2) is 49.6 Å². The minimum absolute atomic E-state index is 0.0794. The van der Waals surface area contributed by atoms with Crippen LogP contribution in [0.5, 0.6) is 17.2 Å². The number of aryl methyl sites for hydroxylation is 1. The Bertz CT molecular complexity index is 2040. The number of carbonyl (C=O) groups is 6. The van der Waals surface area contributed by atoms with E-state index >= 15 is 0 Å². The van der Waals surface area contributed by atoms with Crippen molar-refractivity contribution in [3.05, 3.63) is 55.1 Å². The third-order valence-corrected chi connectivity index (χ3v) is 15.1. The van der Waals surface area contributed by atoms with Crippen molar-refractivity contribution in [2.75, 3.05) is 33.0 Å². The molecule has 0 aromatic heterocycles. The van der Waals surface area contributed by atoms with Gasteiger partial charge in [-0.3, -0.25) is 19.2 Å². The number of unbranched alkanes of at least 4 members (excludes halogenated alkanes) is 2. The van der Waals surface area contributed by atoms with Gasteiger partial charge in [0, 0.05) is 17.5 Å². The molecule has 0 radical (unpaired) electrons. The first kappa shape index (κ1) is 52.2. The van der Waals surface area contributed by atoms with Gasteiger partial charge in [-0.2, -0.15) is 0 Å². The molecule has 0 atom stereocenters. The molecule has 0 unspecified atom stereocenters. The highest BCUT2D eigenvalue weighted by Gasteiger charge is 2.38. The fourth-order valence-electron chi connectivity index (χ4n) is 11.2. The van der Waals surface area contributed by atoms with E-state index in [1.165, 1.54) is 0 Å². The zero-order valence-electron chi connectivity index (χ0n) is 40.5. The van der Waals surface area contributed by atoms with Gasteiger partial charge in [-0.1, -0.05) is 19.2 Å². The number of hydrogen-bond donors (Lipinski definition) is 0. The maximum atomic E-state index is 13.8. The van der Waals surface area contributed by atoms with Crippen LogP contribution in [-0.2, 0) is 47.7 Å². The lowest BCUT2D eigenvalue weighted by Crippen LogP contribution is -2.31. The quantitative estimate of drug-likeness (QED) is 0.0360. The molecule has 4 fully saturated rings. The van der Waals surface area contributed by atoms with Crippen LogP contribution in [0.25, 0.3) is 10.8 Å². The first-order valence-corrected chi connectivity index (χ1v) is 25.5. The molecule has 4 aliphatic rings. The second-order valence-electron chi connectivity index (χ2n) is 19.4. The minimum atomic E-state index is -0.450. The summed E-state index contributed by atoms with van der Waals surface area (Å²) in [5.41, 5.74) is 0.881. The summed E-state index contributed by atoms with van der Waals surface area (Å²) >= 11 is 0. The Balaban J connectivity index is 0.945. The fourth-order valence-corrected chi connectivity index (χ4v) is 11.2. The average molecular weight is 943 g/mol. The van der Waals surface area contributed by atoms with E-state index in [-0.39, 0.29) is 60.8 Å². The van der Waals surface area contributed by atoms with Crippen molar-refractivity contribution in [2.24, 2.45) is 47.3 Å². The molecule has 0 spiro atoms. The number of ether oxygens (including phenoxy) is 7. The van der Waals surface area contributed by atoms with Crippen LogP contribution in [0.4, 0.5) is 0 Å². The SMILES string of the molecule is C=CC(=O)OCCCCOC(=O)C1CCC(C2CCC(C(=O)Oc3ccc(OC(=O)C4CCC(C5CCC(C(=O)OCCCCOC(=O)C=C)CC5)CC4)c4c(OCC)ccc(C)c34)CC2)CC1. The summed E-state index contributed by atoms with van der Waals surface area (Å²) in [5.74, 6) is 1.19. The molecule has 2 aromatic carbocycles. The van der Waals surface area contributed by atoms with Crippen LogP contribution in [0.2, 0.25) is 0 Å². The predicted molar refractivity (Wildman–Crippen MR) is 256 cm³/mol. The van der Waals surface area contributed by atoms with Crippen molar-refractivity contribution in [3.8, 4) is 17.2 Å². The normalized spacial score (nSPS) is 25.0. The molecule has 0 bridgehead atoms. The third-order valence-electron chi connectivity index (χ3n) is 15.1. The van der Waals surface area contributed by atoms with Crippen molar-refractivity contribution in [1.82, 2.24) is 0 Å². The molecule has 0 heterocycles. The van der Waals surface area contributed by atoms with Crippen LogP contribution in [0.3, 0.4) is 0 Å². The second-order valence-corrected chi connectivity index (χ2v) is 19.4. The molecule has 0 aliphatic heterocycles. The van der Waals surface area contributed by atoms with Crippen molar-refractivity contribution >= 4 is 46.6 Å². The molecule has 0 N–H and O–H groups in total. The van der Waals surface area contributed by atoms with E-state index in [0.717, 1.165) is 120 Å². The van der Waals surface area contributed by atoms with Gasteiger partial charge in [0.05, 0.1) is 62.1 Å². The average Bonchev–Trinajstić information content (AvgIpc) is 3.37. The second kappa shape index (κ2) is 26.5. The molecule has 68 heavy (non-hydrogen) atoms. The number of carbonyl (C=O) groups excluding carboxylic acids is 6. The first-order chi connectivity index (χ1) is 33.0. The molecule has 2 aromatic rings. The summed E-state index contributed by atoms with van der Waals surface area (Å²) in [6.45, 7) is 12.2. The Labute approximate surface area is 402 Å². The molecular weight excluding hydrogens is 869 g/mol. The van der Waals surface area contributed by atoms with E-state index in [1.54, 1.807) is 12.1 Å². The number of benzene rings is 2. The zero-order chi connectivity index (χ0) is 48.4. The van der Waals surface area contributed by atoms with E-state index in [4.69, 9.17) is 33.2 Å². The number of esters is 6. The van der Waals surface area contributed by atoms with E-state index in [2.05, 4.69) is 13.2 Å². The zero-order valence-corrected chi connectivity index (χ0v) is 40.5. The van der Waals surface area contributed by atoms with E-state index in [9.17, 15) is 28.8 Å². The Morgan fingerprint density at radius 2 is 0.779 bits per heavy atom. The Morgan fingerprint density at radius 1 is 0.456 bits per heavy atom. The van der Waals surface area contributed by atoms with Crippen molar-refractivity contribution in [1.29, 1.82) is 0 Å². The molecule has 4 aliphatic carbocycles. The van der Waals surface area contributed by atoms with Crippen LogP contribution in [0.1, 0.15) is 141 Å². The van der Waals surface area contributed by atoms with Crippen LogP contribution in [0, 0.1) is 54.3 Å². The summed E-state index contributed by atoms with van der Waals surface area (Å²) in [6.07, 6.45) is 18.8. The van der Waals surface area contributed by atoms with E-state index in [0.29, 0.717) is 97.2 Å². The van der Waals surface area contributed by atoms with Gasteiger partial charge in [-0.15, -0.1) is 0 Å². The summed E-state index contributed by atoms with van der Waals surface area (Å²) in [4.78, 5) is 75.5. The van der Waals surface area contributed by atoms with Gasteiger partial charge in [-0.05, 0) is 190 Å². The topological polar surface area (TPSA) is 167 Å². The summed E-state index contributed by atoms with van der Waals surface area (Å²) in [6, 6.07) is 7.29. The molecule has 372 valence electrons. The standard InChI is InChI=1S/C55H74O13/c1-5-48(56)63-32-8-10-34-65-52(58)41-21-13-37(14-22-41)39-17-25-43(26-18-39)54(60)67-46-30-31-47(51-45(62-7-3)29-12-36(4)50(46)51)68-55(61)44-27-19-40(20-28-44)38-15-23-42(24-16-38)53(59)66-35-11-9-33-64-49(57)6-2/h5-6,12,29-31,37-44H,1-2,7-11,13-28,32-35H2,3-4H3. The predicted octanol–water partition coefficient (Wildman–Crippen LogP) is 10.7. The molecule has 13 nitrogen and oxygen atoms in total. The van der Waals surface area contributed by atoms with Crippen LogP contribution < -0.4 is 14.2 Å². The number of rotatable bonds is 22. The summed E-state index contributed by atoms with van der Waals surface area (Å²) in [5, 5.41) is 1.32. The molecule has 0 amide bonds. The summed E-state index contributed by atoms with van der Waals surface area (Å²) in [7, 11) is 0. The highest BCUT2D eigenvalue weighted by Crippen LogP contribution is 2.46. The highest BCUT2D eigenvalue weighted by molar-refractivity contribution is 6.02. The Hall–Kier alpha value is -5.20. The smallest absolute Gasteiger partial charge is 0.330 e. The van der Waals surface area contributed by atoms with Gasteiger partial charge in [-0.25, -0.2) is 9.59 Å². The van der Waals surface area contributed by atoms with Gasteiger partial charge >= 0.3 is 35.8 Å². The maximum Gasteiger partial charge on any atom is 0.330 e. The summed E-state index contributed by atoms with van der Waals surface area (Å²) < 4.78 is 39.5. The lowest BCUT2D eigenvalue weighted by molar-refractivity contribution is -0.151. The van der Waals surface area contributed by atoms with Gasteiger partial charge in [0.1, 0.15) is 17.2 Å². The molecule has 13 heteroatoms. The monoisotopic (exact) mass is 943 g/mol. The van der Waals surface area contributed by atoms with E-state index < -0.39 is 11.9 Å². The van der Waals surface area contributed by atoms with Crippen molar-refractivity contribution in [3.63, 3.8) is 0 Å². The molecule has 6 rings (SSSR count). The Kier molecular flexibility index (Phi) is 20.4. The highest BCUT2D eigenvalue weighted by atomic mass is 16.6. The number of fused-ring (bicyclic) bond motifs is 1. The Morgan fingerprint density at radius 3 is 1.13 bits per heavy atom. The minimum Gasteiger partial charge on any atom is -0.493 e. The van der Waals surface area contributed by atoms with E-state index in [1.807, 2.05) is 26.0 Å². The van der Waals surface area contributed by atoms with Crippen LogP contribution in [-0.4, -0.2) is 68.9 Å². The lowest BCUT2D eigenvalue weighted by Gasteiger charge is -2.37. The third kappa shape index (κ3) is 14.7. The van der Waals surface area contributed by atoms with Crippen molar-refractivity contribution < 1.29 is 61.9 Å². The number of hydrogen-bond acceptors (Lipinski definition) is 13. The van der Waals surface area contributed by atoms with Crippen molar-refractivity contribution in [2.45, 2.75) is 142 Å². The largest absolute Gasteiger partial charge is 0.493 e.